The highest BCUT2D eigenvalue weighted by Crippen LogP contribution is 2.25. The molecular weight excluding hydrogens is 276 g/mol. The summed E-state index contributed by atoms with van der Waals surface area (Å²) >= 11 is 6.07. The highest BCUT2D eigenvalue weighted by atomic mass is 35.5. The first-order valence-electron chi connectivity index (χ1n) is 6.24. The summed E-state index contributed by atoms with van der Waals surface area (Å²) in [6, 6.07) is 10.3. The maximum absolute atomic E-state index is 11.2. The Kier molecular flexibility index (Phi) is 4.25. The fourth-order valence-electron chi connectivity index (χ4n) is 1.74. The number of carbonyl (C=O) groups is 1. The Labute approximate surface area is 122 Å². The number of hydrogen-bond acceptors (Lipinski definition) is 3. The Bertz CT molecular complexity index is 642. The molecule has 0 saturated heterocycles. The van der Waals surface area contributed by atoms with Gasteiger partial charge in [0.1, 0.15) is 5.82 Å². The minimum Gasteiger partial charge on any atom is -0.478 e. The third-order valence-corrected chi connectivity index (χ3v) is 3.15. The zero-order valence-electron chi connectivity index (χ0n) is 11.2. The van der Waals surface area contributed by atoms with Crippen LogP contribution in [-0.2, 0) is 0 Å². The number of benzene rings is 1. The Hall–Kier alpha value is -2.07. The van der Waals surface area contributed by atoms with Crippen molar-refractivity contribution in [2.75, 3.05) is 5.32 Å². The van der Waals surface area contributed by atoms with Crippen molar-refractivity contribution in [1.29, 1.82) is 0 Å². The van der Waals surface area contributed by atoms with Crippen molar-refractivity contribution < 1.29 is 9.90 Å². The van der Waals surface area contributed by atoms with Crippen molar-refractivity contribution in [3.05, 3.63) is 52.7 Å². The number of hydrogen-bond donors (Lipinski definition) is 2. The molecule has 0 atom stereocenters. The van der Waals surface area contributed by atoms with Crippen LogP contribution in [0.1, 0.15) is 35.8 Å². The van der Waals surface area contributed by atoms with E-state index in [0.717, 1.165) is 5.69 Å². The van der Waals surface area contributed by atoms with Gasteiger partial charge < -0.3 is 10.4 Å². The number of aromatic carboxylic acids is 1. The maximum atomic E-state index is 11.2. The molecule has 0 amide bonds. The molecule has 5 heteroatoms. The topological polar surface area (TPSA) is 62.2 Å². The van der Waals surface area contributed by atoms with Crippen LogP contribution in [0.15, 0.2) is 36.4 Å². The summed E-state index contributed by atoms with van der Waals surface area (Å²) in [6.07, 6.45) is 0. The predicted molar refractivity (Wildman–Crippen MR) is 80.0 cm³/mol. The van der Waals surface area contributed by atoms with E-state index in [4.69, 9.17) is 16.7 Å². The summed E-state index contributed by atoms with van der Waals surface area (Å²) in [5, 5.41) is 12.8. The van der Waals surface area contributed by atoms with Crippen molar-refractivity contribution >= 4 is 29.1 Å². The summed E-state index contributed by atoms with van der Waals surface area (Å²) in [7, 11) is 0. The van der Waals surface area contributed by atoms with Crippen LogP contribution in [0.5, 0.6) is 0 Å². The van der Waals surface area contributed by atoms with Crippen molar-refractivity contribution in [3.8, 4) is 0 Å². The van der Waals surface area contributed by atoms with Crippen LogP contribution in [0.3, 0.4) is 0 Å². The Balaban J connectivity index is 2.41. The molecule has 0 unspecified atom stereocenters. The Morgan fingerprint density at radius 3 is 2.60 bits per heavy atom. The molecule has 1 heterocycles. The second-order valence-electron chi connectivity index (χ2n) is 4.73. The molecule has 0 radical (unpaired) electrons. The first-order valence-corrected chi connectivity index (χ1v) is 6.62. The normalized spacial score (nSPS) is 10.6. The van der Waals surface area contributed by atoms with Gasteiger partial charge in [-0.1, -0.05) is 37.6 Å². The molecule has 2 N–H and O–H groups in total. The van der Waals surface area contributed by atoms with E-state index < -0.39 is 5.97 Å². The second kappa shape index (κ2) is 5.92. The summed E-state index contributed by atoms with van der Waals surface area (Å²) in [5.74, 6) is -0.362. The molecule has 4 nitrogen and oxygen atoms in total. The van der Waals surface area contributed by atoms with Crippen LogP contribution in [0, 0.1) is 0 Å². The number of pyridine rings is 1. The summed E-state index contributed by atoms with van der Waals surface area (Å²) in [5.41, 5.74) is 1.62. The largest absolute Gasteiger partial charge is 0.478 e. The molecule has 0 aliphatic heterocycles. The quantitative estimate of drug-likeness (QED) is 0.881. The van der Waals surface area contributed by atoms with E-state index in [1.54, 1.807) is 12.1 Å². The van der Waals surface area contributed by atoms with Gasteiger partial charge in [-0.05, 0) is 30.2 Å². The van der Waals surface area contributed by atoms with Gasteiger partial charge in [0.2, 0.25) is 0 Å². The molecule has 0 spiro atoms. The Morgan fingerprint density at radius 2 is 2.00 bits per heavy atom. The summed E-state index contributed by atoms with van der Waals surface area (Å²) in [4.78, 5) is 15.6. The monoisotopic (exact) mass is 290 g/mol. The lowest BCUT2D eigenvalue weighted by molar-refractivity contribution is 0.0696. The number of rotatable bonds is 4. The Morgan fingerprint density at radius 1 is 1.30 bits per heavy atom. The van der Waals surface area contributed by atoms with Crippen molar-refractivity contribution in [3.63, 3.8) is 0 Å². The van der Waals surface area contributed by atoms with Gasteiger partial charge in [-0.2, -0.15) is 0 Å². The average molecular weight is 291 g/mol. The number of carboxylic acid groups (broad SMARTS) is 1. The maximum Gasteiger partial charge on any atom is 0.335 e. The molecule has 0 saturated carbocycles. The minimum atomic E-state index is -0.975. The van der Waals surface area contributed by atoms with Gasteiger partial charge in [-0.3, -0.25) is 0 Å². The third-order valence-electron chi connectivity index (χ3n) is 2.82. The average Bonchev–Trinajstić information content (AvgIpc) is 2.41. The fraction of sp³-hybridized carbons (Fsp3) is 0.200. The van der Waals surface area contributed by atoms with Gasteiger partial charge in [-0.25, -0.2) is 9.78 Å². The molecule has 0 aliphatic carbocycles. The van der Waals surface area contributed by atoms with E-state index in [0.29, 0.717) is 16.5 Å². The van der Waals surface area contributed by atoms with Crippen LogP contribution in [0.2, 0.25) is 5.02 Å². The highest BCUT2D eigenvalue weighted by Gasteiger charge is 2.11. The lowest BCUT2D eigenvalue weighted by Gasteiger charge is -2.12. The molecule has 1 aromatic carbocycles. The van der Waals surface area contributed by atoms with Crippen LogP contribution in [0.25, 0.3) is 0 Å². The smallest absolute Gasteiger partial charge is 0.335 e. The van der Waals surface area contributed by atoms with Crippen LogP contribution >= 0.6 is 11.6 Å². The molecule has 104 valence electrons. The minimum absolute atomic E-state index is 0.140. The molecule has 0 bridgehead atoms. The van der Waals surface area contributed by atoms with Gasteiger partial charge in [0.25, 0.3) is 0 Å². The molecule has 0 aliphatic rings. The SMILES string of the molecule is CC(C)c1cc(C(=O)O)cc(Nc2ccccc2Cl)n1. The number of aromatic nitrogens is 1. The second-order valence-corrected chi connectivity index (χ2v) is 5.14. The first kappa shape index (κ1) is 14.3. The number of halogens is 1. The third kappa shape index (κ3) is 3.27. The van der Waals surface area contributed by atoms with Crippen molar-refractivity contribution in [1.82, 2.24) is 4.98 Å². The number of carboxylic acids is 1. The first-order chi connectivity index (χ1) is 9.47. The summed E-state index contributed by atoms with van der Waals surface area (Å²) in [6.45, 7) is 3.93. The van der Waals surface area contributed by atoms with Crippen molar-refractivity contribution in [2.45, 2.75) is 19.8 Å². The fourth-order valence-corrected chi connectivity index (χ4v) is 1.92. The van der Waals surface area contributed by atoms with Gasteiger partial charge >= 0.3 is 5.97 Å². The van der Waals surface area contributed by atoms with Crippen LogP contribution < -0.4 is 5.32 Å². The van der Waals surface area contributed by atoms with E-state index in [9.17, 15) is 4.79 Å². The van der Waals surface area contributed by atoms with Crippen LogP contribution in [-0.4, -0.2) is 16.1 Å². The van der Waals surface area contributed by atoms with Crippen LogP contribution in [0.4, 0.5) is 11.5 Å². The molecule has 0 fully saturated rings. The van der Waals surface area contributed by atoms with E-state index in [2.05, 4.69) is 10.3 Å². The molecule has 2 rings (SSSR count). The molecule has 20 heavy (non-hydrogen) atoms. The number of nitrogens with zero attached hydrogens (tertiary/aromatic N) is 1. The van der Waals surface area contributed by atoms with E-state index >= 15 is 0 Å². The van der Waals surface area contributed by atoms with E-state index in [-0.39, 0.29) is 11.5 Å². The molecule has 2 aromatic rings. The number of para-hydroxylation sites is 1. The lowest BCUT2D eigenvalue weighted by atomic mass is 10.1. The van der Waals surface area contributed by atoms with Gasteiger partial charge in [0.05, 0.1) is 16.3 Å². The zero-order chi connectivity index (χ0) is 14.7. The zero-order valence-corrected chi connectivity index (χ0v) is 12.0. The van der Waals surface area contributed by atoms with Crippen molar-refractivity contribution in [2.24, 2.45) is 0 Å². The van der Waals surface area contributed by atoms with Gasteiger partial charge in [0, 0.05) is 5.69 Å². The highest BCUT2D eigenvalue weighted by molar-refractivity contribution is 6.33. The molecule has 1 aromatic heterocycles. The predicted octanol–water partition coefficient (Wildman–Crippen LogP) is 4.30. The standard InChI is InChI=1S/C15H15ClN2O2/c1-9(2)13-7-10(15(19)20)8-14(18-13)17-12-6-4-3-5-11(12)16/h3-9H,1-2H3,(H,17,18)(H,19,20). The van der Waals surface area contributed by atoms with E-state index in [1.165, 1.54) is 6.07 Å². The van der Waals surface area contributed by atoms with Gasteiger partial charge in [-0.15, -0.1) is 0 Å². The lowest BCUT2D eigenvalue weighted by Crippen LogP contribution is -2.05. The number of nitrogens with one attached hydrogen (secondary N) is 1. The van der Waals surface area contributed by atoms with E-state index in [1.807, 2.05) is 32.0 Å². The molecular formula is C15H15ClN2O2. The van der Waals surface area contributed by atoms with Gasteiger partial charge in [0.15, 0.2) is 0 Å². The number of anilines is 2. The summed E-state index contributed by atoms with van der Waals surface area (Å²) < 4.78 is 0.